The van der Waals surface area contributed by atoms with E-state index in [2.05, 4.69) is 0 Å². The van der Waals surface area contributed by atoms with Crippen LogP contribution in [0.1, 0.15) is 25.3 Å². The topological polar surface area (TPSA) is 179 Å². The smallest absolute Gasteiger partial charge is 0.320 e. The van der Waals surface area contributed by atoms with Gasteiger partial charge in [-0.25, -0.2) is 0 Å². The van der Waals surface area contributed by atoms with Gasteiger partial charge in [-0.3, -0.25) is 38.8 Å². The molecule has 15 nitrogen and oxygen atoms in total. The molecular formula is C32H52N4O11. The third-order valence-electron chi connectivity index (χ3n) is 7.83. The minimum Gasteiger partial charge on any atom is -0.491 e. The van der Waals surface area contributed by atoms with Crippen LogP contribution in [0.2, 0.25) is 0 Å². The second-order valence-corrected chi connectivity index (χ2v) is 11.3. The maximum atomic E-state index is 12.5. The summed E-state index contributed by atoms with van der Waals surface area (Å²) >= 11 is 0. The van der Waals surface area contributed by atoms with Crippen LogP contribution in [0.5, 0.6) is 5.75 Å². The zero-order chi connectivity index (χ0) is 34.4. The van der Waals surface area contributed by atoms with Crippen molar-refractivity contribution in [3.63, 3.8) is 0 Å². The number of nitrogens with zero attached hydrogens (tertiary/aromatic N) is 4. The molecule has 1 aliphatic heterocycles. The number of benzene rings is 1. The van der Waals surface area contributed by atoms with Gasteiger partial charge in [0.25, 0.3) is 0 Å². The highest BCUT2D eigenvalue weighted by Gasteiger charge is 2.28. The van der Waals surface area contributed by atoms with Gasteiger partial charge in [0.15, 0.2) is 0 Å². The summed E-state index contributed by atoms with van der Waals surface area (Å²) in [5.74, 6) is -2.72. The van der Waals surface area contributed by atoms with Crippen LogP contribution in [0.25, 0.3) is 0 Å². The number of aliphatic carboxylic acids is 3. The number of hydrogen-bond donors (Lipinski definition) is 3. The summed E-state index contributed by atoms with van der Waals surface area (Å²) in [4.78, 5) is 54.8. The quantitative estimate of drug-likeness (QED) is 0.129. The van der Waals surface area contributed by atoms with Crippen LogP contribution in [0.3, 0.4) is 0 Å². The van der Waals surface area contributed by atoms with Gasteiger partial charge in [0.1, 0.15) is 18.4 Å². The van der Waals surface area contributed by atoms with E-state index in [9.17, 15) is 34.5 Å². The first kappa shape index (κ1) is 39.8. The van der Waals surface area contributed by atoms with Crippen molar-refractivity contribution >= 4 is 23.9 Å². The van der Waals surface area contributed by atoms with Gasteiger partial charge in [0.2, 0.25) is 0 Å². The molecule has 1 aromatic carbocycles. The van der Waals surface area contributed by atoms with Gasteiger partial charge in [0.05, 0.1) is 46.6 Å². The normalized spacial score (nSPS) is 16.9. The lowest BCUT2D eigenvalue weighted by molar-refractivity contribution is -0.145. The fourth-order valence-corrected chi connectivity index (χ4v) is 5.27. The Hall–Kier alpha value is -3.34. The van der Waals surface area contributed by atoms with E-state index in [-0.39, 0.29) is 32.7 Å². The minimum absolute atomic E-state index is 0.0191. The van der Waals surface area contributed by atoms with E-state index in [1.165, 1.54) is 7.11 Å². The molecule has 15 heteroatoms. The summed E-state index contributed by atoms with van der Waals surface area (Å²) in [6.07, 6.45) is 1.64. The first-order valence-corrected chi connectivity index (χ1v) is 16.1. The molecule has 0 spiro atoms. The average molecular weight is 669 g/mol. The molecule has 0 saturated carbocycles. The van der Waals surface area contributed by atoms with E-state index in [1.54, 1.807) is 9.80 Å². The van der Waals surface area contributed by atoms with Gasteiger partial charge in [0, 0.05) is 59.0 Å². The van der Waals surface area contributed by atoms with E-state index in [1.807, 2.05) is 41.0 Å². The lowest BCUT2D eigenvalue weighted by Crippen LogP contribution is -2.51. The summed E-state index contributed by atoms with van der Waals surface area (Å²) in [5, 5.41) is 29.1. The molecule has 3 N–H and O–H groups in total. The molecule has 0 bridgehead atoms. The number of hydrogen-bond acceptors (Lipinski definition) is 12. The Labute approximate surface area is 276 Å². The lowest BCUT2D eigenvalue weighted by atomic mass is 10.0. The molecule has 1 atom stereocenters. The zero-order valence-corrected chi connectivity index (χ0v) is 27.7. The molecule has 266 valence electrons. The standard InChI is InChI=1S/C32H52N4O11/c1-3-45-19-20-46-21-22-47-27-9-7-26(8-10-27)5-4-6-28(32(42)43)36-17-15-34(24-30(39)40)12-11-33(23-29(37)38)13-14-35(16-18-36)25-31(41)44-2/h7-10,28H,3-6,11-25H2,1-2H3,(H,37,38)(H,39,40)(H,42,43). The number of ether oxygens (including phenoxy) is 4. The SMILES string of the molecule is CCOCCOCCOc1ccc(CCCC(C(=O)O)N2CCN(CC(=O)O)CCN(CC(=O)O)CCN(CC(=O)OC)CC2)cc1. The maximum absolute atomic E-state index is 12.5. The van der Waals surface area contributed by atoms with Crippen LogP contribution in [-0.4, -0.2) is 177 Å². The van der Waals surface area contributed by atoms with Gasteiger partial charge in [-0.15, -0.1) is 0 Å². The average Bonchev–Trinajstić information content (AvgIpc) is 3.03. The predicted molar refractivity (Wildman–Crippen MR) is 172 cm³/mol. The molecule has 1 fully saturated rings. The molecule has 0 aliphatic carbocycles. The number of carbonyl (C=O) groups excluding carboxylic acids is 1. The molecule has 1 saturated heterocycles. The van der Waals surface area contributed by atoms with E-state index in [4.69, 9.17) is 18.9 Å². The first-order chi connectivity index (χ1) is 22.6. The second-order valence-electron chi connectivity index (χ2n) is 11.3. The van der Waals surface area contributed by atoms with Gasteiger partial charge < -0.3 is 34.3 Å². The Balaban J connectivity index is 2.04. The largest absolute Gasteiger partial charge is 0.491 e. The number of aryl methyl sites for hydroxylation is 1. The number of carboxylic acid groups (broad SMARTS) is 3. The van der Waals surface area contributed by atoms with E-state index in [0.717, 1.165) is 11.3 Å². The first-order valence-electron chi connectivity index (χ1n) is 16.1. The molecule has 1 heterocycles. The van der Waals surface area contributed by atoms with Crippen molar-refractivity contribution in [1.29, 1.82) is 0 Å². The van der Waals surface area contributed by atoms with Gasteiger partial charge in [-0.05, 0) is 43.9 Å². The minimum atomic E-state index is -1.02. The van der Waals surface area contributed by atoms with Crippen molar-refractivity contribution in [1.82, 2.24) is 19.6 Å². The maximum Gasteiger partial charge on any atom is 0.320 e. The molecule has 0 amide bonds. The molecule has 1 aromatic rings. The van der Waals surface area contributed by atoms with Crippen molar-refractivity contribution in [3.8, 4) is 5.75 Å². The second kappa shape index (κ2) is 23.1. The lowest BCUT2D eigenvalue weighted by Gasteiger charge is -2.35. The Morgan fingerprint density at radius 3 is 1.74 bits per heavy atom. The van der Waals surface area contributed by atoms with Crippen LogP contribution in [-0.2, 0) is 39.8 Å². The highest BCUT2D eigenvalue weighted by atomic mass is 16.5. The molecule has 0 radical (unpaired) electrons. The summed E-state index contributed by atoms with van der Waals surface area (Å²) < 4.78 is 21.3. The van der Waals surface area contributed by atoms with Crippen molar-refractivity contribution in [2.45, 2.75) is 32.2 Å². The van der Waals surface area contributed by atoms with Gasteiger partial charge in [-0.1, -0.05) is 12.1 Å². The number of carboxylic acids is 3. The molecular weight excluding hydrogens is 616 g/mol. The fraction of sp³-hybridized carbons (Fsp3) is 0.688. The van der Waals surface area contributed by atoms with Gasteiger partial charge in [-0.2, -0.15) is 0 Å². The van der Waals surface area contributed by atoms with E-state index < -0.39 is 29.9 Å². The number of esters is 1. The number of methoxy groups -OCH3 is 1. The third kappa shape index (κ3) is 17.4. The predicted octanol–water partition coefficient (Wildman–Crippen LogP) is 0.458. The highest BCUT2D eigenvalue weighted by Crippen LogP contribution is 2.16. The fourth-order valence-electron chi connectivity index (χ4n) is 5.27. The molecule has 47 heavy (non-hydrogen) atoms. The van der Waals surface area contributed by atoms with Gasteiger partial charge >= 0.3 is 23.9 Å². The Morgan fingerprint density at radius 2 is 1.23 bits per heavy atom. The van der Waals surface area contributed by atoms with Crippen molar-refractivity contribution in [2.24, 2.45) is 0 Å². The monoisotopic (exact) mass is 668 g/mol. The van der Waals surface area contributed by atoms with Crippen LogP contribution in [0.15, 0.2) is 24.3 Å². The van der Waals surface area contributed by atoms with Crippen molar-refractivity contribution in [3.05, 3.63) is 29.8 Å². The highest BCUT2D eigenvalue weighted by molar-refractivity contribution is 5.73. The summed E-state index contributed by atoms with van der Waals surface area (Å²) in [5.41, 5.74) is 1.05. The Bertz CT molecular complexity index is 1080. The number of rotatable bonds is 20. The van der Waals surface area contributed by atoms with Crippen molar-refractivity contribution < 1.29 is 53.4 Å². The summed E-state index contributed by atoms with van der Waals surface area (Å²) in [7, 11) is 1.29. The Morgan fingerprint density at radius 1 is 0.723 bits per heavy atom. The van der Waals surface area contributed by atoms with Crippen molar-refractivity contribution in [2.75, 3.05) is 112 Å². The molecule has 2 rings (SSSR count). The van der Waals surface area contributed by atoms with Crippen LogP contribution in [0.4, 0.5) is 0 Å². The van der Waals surface area contributed by atoms with Crippen LogP contribution in [0, 0.1) is 0 Å². The Kier molecular flexibility index (Phi) is 19.5. The van der Waals surface area contributed by atoms with E-state index >= 15 is 0 Å². The summed E-state index contributed by atoms with van der Waals surface area (Å²) in [6.45, 7) is 6.57. The third-order valence-corrected chi connectivity index (χ3v) is 7.83. The molecule has 1 aliphatic rings. The zero-order valence-electron chi connectivity index (χ0n) is 27.7. The molecule has 0 aromatic heterocycles. The summed E-state index contributed by atoms with van der Waals surface area (Å²) in [6, 6.07) is 6.85. The number of carbonyl (C=O) groups is 4. The van der Waals surface area contributed by atoms with Crippen LogP contribution >= 0.6 is 0 Å². The van der Waals surface area contributed by atoms with E-state index in [0.29, 0.717) is 91.6 Å². The van der Waals surface area contributed by atoms with Crippen LogP contribution < -0.4 is 4.74 Å². The molecule has 1 unspecified atom stereocenters.